The van der Waals surface area contributed by atoms with E-state index in [-0.39, 0.29) is 0 Å². The molecule has 0 bridgehead atoms. The third-order valence-electron chi connectivity index (χ3n) is 1.05. The largest absolute Gasteiger partial charge is 0.197 e. The van der Waals surface area contributed by atoms with Gasteiger partial charge in [0.2, 0.25) is 0 Å². The van der Waals surface area contributed by atoms with Crippen molar-refractivity contribution in [3.63, 3.8) is 0 Å². The van der Waals surface area contributed by atoms with Crippen molar-refractivity contribution in [1.29, 1.82) is 0 Å². The second-order valence-corrected chi connectivity index (χ2v) is 2.74. The van der Waals surface area contributed by atoms with E-state index in [1.807, 2.05) is 5.38 Å². The lowest BCUT2D eigenvalue weighted by molar-refractivity contribution is 0.841. The van der Waals surface area contributed by atoms with Crippen molar-refractivity contribution in [3.8, 4) is 0 Å². The van der Waals surface area contributed by atoms with Crippen LogP contribution in [0.1, 0.15) is 25.5 Å². The molecule has 0 saturated carbocycles. The summed E-state index contributed by atoms with van der Waals surface area (Å²) in [6.07, 6.45) is 0. The van der Waals surface area contributed by atoms with Gasteiger partial charge in [0.1, 0.15) is 0 Å². The number of nitrogens with zero attached hydrogens (tertiary/aromatic N) is 1. The van der Waals surface area contributed by atoms with E-state index >= 15 is 0 Å². The van der Waals surface area contributed by atoms with Crippen LogP contribution < -0.4 is 0 Å². The topological polar surface area (TPSA) is 12.9 Å². The lowest BCUT2D eigenvalue weighted by Gasteiger charge is -1.94. The van der Waals surface area contributed by atoms with Crippen molar-refractivity contribution in [2.24, 2.45) is 0 Å². The highest BCUT2D eigenvalue weighted by Gasteiger charge is 1.97. The number of rotatable bonds is 1. The average Bonchev–Trinajstić information content (AvgIpc) is 2.12. The Labute approximate surface area is 53.5 Å². The van der Waals surface area contributed by atoms with Gasteiger partial charge < -0.3 is 0 Å². The number of aromatic nitrogens is 1. The first-order chi connectivity index (χ1) is 3.80. The smallest absolute Gasteiger partial charge is 0.0567 e. The second-order valence-electron chi connectivity index (χ2n) is 2.08. The quantitative estimate of drug-likeness (QED) is 0.564. The lowest BCUT2D eigenvalue weighted by atomic mass is 10.1. The zero-order chi connectivity index (χ0) is 5.98. The minimum absolute atomic E-state index is 0.584. The maximum absolute atomic E-state index is 4.16. The highest BCUT2D eigenvalue weighted by Crippen LogP contribution is 2.11. The molecular formula is C6H9NS. The number of hydrogen-bond acceptors (Lipinski definition) is 2. The Hall–Kier alpha value is -0.370. The molecule has 0 spiro atoms. The summed E-state index contributed by atoms with van der Waals surface area (Å²) in [5.41, 5.74) is 1.20. The molecule has 2 heteroatoms. The fourth-order valence-electron chi connectivity index (χ4n) is 0.520. The molecule has 0 fully saturated rings. The molecule has 0 saturated heterocycles. The molecule has 1 nitrogen and oxygen atoms in total. The normalized spacial score (nSPS) is 10.4. The van der Waals surface area contributed by atoms with Crippen molar-refractivity contribution in [1.82, 2.24) is 4.37 Å². The summed E-state index contributed by atoms with van der Waals surface area (Å²) in [5.74, 6) is 0.584. The third kappa shape index (κ3) is 1.07. The van der Waals surface area contributed by atoms with Gasteiger partial charge in [-0.05, 0) is 23.5 Å². The standard InChI is InChI=1S/C6H9NS/c1-5(2)6-3-4-8-7-6/h3-5H,1-2H3. The Morgan fingerprint density at radius 3 is 2.62 bits per heavy atom. The predicted molar refractivity (Wildman–Crippen MR) is 36.2 cm³/mol. The molecule has 0 aromatic carbocycles. The average molecular weight is 127 g/mol. The Kier molecular flexibility index (Phi) is 1.63. The fourth-order valence-corrected chi connectivity index (χ4v) is 1.17. The molecule has 0 N–H and O–H groups in total. The highest BCUT2D eigenvalue weighted by molar-refractivity contribution is 7.03. The van der Waals surface area contributed by atoms with Crippen molar-refractivity contribution >= 4 is 11.5 Å². The SMILES string of the molecule is CC(C)c1ccsn1. The van der Waals surface area contributed by atoms with Crippen LogP contribution in [0.3, 0.4) is 0 Å². The zero-order valence-electron chi connectivity index (χ0n) is 5.09. The van der Waals surface area contributed by atoms with Crippen LogP contribution >= 0.6 is 11.5 Å². The summed E-state index contributed by atoms with van der Waals surface area (Å²) in [6.45, 7) is 4.30. The van der Waals surface area contributed by atoms with E-state index in [0.717, 1.165) is 0 Å². The Bertz CT molecular complexity index is 144. The van der Waals surface area contributed by atoms with Crippen LogP contribution in [-0.4, -0.2) is 4.37 Å². The zero-order valence-corrected chi connectivity index (χ0v) is 5.90. The van der Waals surface area contributed by atoms with E-state index in [1.165, 1.54) is 17.2 Å². The van der Waals surface area contributed by atoms with Crippen molar-refractivity contribution in [3.05, 3.63) is 17.1 Å². The van der Waals surface area contributed by atoms with Crippen LogP contribution in [0, 0.1) is 0 Å². The maximum atomic E-state index is 4.16. The van der Waals surface area contributed by atoms with E-state index in [4.69, 9.17) is 0 Å². The van der Waals surface area contributed by atoms with Crippen molar-refractivity contribution in [2.45, 2.75) is 19.8 Å². The van der Waals surface area contributed by atoms with Crippen molar-refractivity contribution in [2.75, 3.05) is 0 Å². The van der Waals surface area contributed by atoms with Gasteiger partial charge in [-0.25, -0.2) is 0 Å². The summed E-state index contributed by atoms with van der Waals surface area (Å²) in [6, 6.07) is 2.06. The van der Waals surface area contributed by atoms with E-state index < -0.39 is 0 Å². The summed E-state index contributed by atoms with van der Waals surface area (Å²) < 4.78 is 4.16. The molecule has 0 amide bonds. The van der Waals surface area contributed by atoms with E-state index in [2.05, 4.69) is 24.3 Å². The van der Waals surface area contributed by atoms with Crippen LogP contribution in [0.5, 0.6) is 0 Å². The first-order valence-corrected chi connectivity index (χ1v) is 3.54. The fraction of sp³-hybridized carbons (Fsp3) is 0.500. The van der Waals surface area contributed by atoms with Crippen LogP contribution in [-0.2, 0) is 0 Å². The van der Waals surface area contributed by atoms with Gasteiger partial charge >= 0.3 is 0 Å². The van der Waals surface area contributed by atoms with Gasteiger partial charge in [-0.15, -0.1) is 0 Å². The molecule has 0 atom stereocenters. The summed E-state index contributed by atoms with van der Waals surface area (Å²) >= 11 is 1.52. The summed E-state index contributed by atoms with van der Waals surface area (Å²) in [5, 5.41) is 2.01. The van der Waals surface area contributed by atoms with Gasteiger partial charge in [-0.1, -0.05) is 13.8 Å². The molecule has 0 radical (unpaired) electrons. The Morgan fingerprint density at radius 2 is 2.38 bits per heavy atom. The monoisotopic (exact) mass is 127 g/mol. The van der Waals surface area contributed by atoms with Crippen LogP contribution in [0.25, 0.3) is 0 Å². The maximum Gasteiger partial charge on any atom is 0.0567 e. The second kappa shape index (κ2) is 2.27. The van der Waals surface area contributed by atoms with E-state index in [1.54, 1.807) is 0 Å². The molecule has 1 rings (SSSR count). The molecule has 1 aromatic heterocycles. The molecular weight excluding hydrogens is 118 g/mol. The lowest BCUT2D eigenvalue weighted by Crippen LogP contribution is -1.83. The molecule has 0 aliphatic carbocycles. The highest BCUT2D eigenvalue weighted by atomic mass is 32.1. The molecule has 0 unspecified atom stereocenters. The first kappa shape index (κ1) is 5.76. The summed E-state index contributed by atoms with van der Waals surface area (Å²) in [4.78, 5) is 0. The Balaban J connectivity index is 2.77. The third-order valence-corrected chi connectivity index (χ3v) is 1.62. The van der Waals surface area contributed by atoms with Crippen LogP contribution in [0.4, 0.5) is 0 Å². The van der Waals surface area contributed by atoms with Gasteiger partial charge in [-0.3, -0.25) is 0 Å². The van der Waals surface area contributed by atoms with Gasteiger partial charge in [-0.2, -0.15) is 4.37 Å². The van der Waals surface area contributed by atoms with Gasteiger partial charge in [0.05, 0.1) is 5.69 Å². The van der Waals surface area contributed by atoms with Crippen molar-refractivity contribution < 1.29 is 0 Å². The van der Waals surface area contributed by atoms with Gasteiger partial charge in [0.15, 0.2) is 0 Å². The van der Waals surface area contributed by atoms with Crippen LogP contribution in [0.2, 0.25) is 0 Å². The van der Waals surface area contributed by atoms with E-state index in [0.29, 0.717) is 5.92 Å². The van der Waals surface area contributed by atoms with Crippen LogP contribution in [0.15, 0.2) is 11.4 Å². The van der Waals surface area contributed by atoms with E-state index in [9.17, 15) is 0 Å². The van der Waals surface area contributed by atoms with Gasteiger partial charge in [0.25, 0.3) is 0 Å². The predicted octanol–water partition coefficient (Wildman–Crippen LogP) is 2.27. The van der Waals surface area contributed by atoms with Gasteiger partial charge in [0, 0.05) is 5.38 Å². The molecule has 8 heavy (non-hydrogen) atoms. The molecule has 44 valence electrons. The summed E-state index contributed by atoms with van der Waals surface area (Å²) in [7, 11) is 0. The minimum atomic E-state index is 0.584. The minimum Gasteiger partial charge on any atom is -0.197 e. The Morgan fingerprint density at radius 1 is 1.62 bits per heavy atom. The number of hydrogen-bond donors (Lipinski definition) is 0. The molecule has 0 aliphatic rings. The molecule has 1 heterocycles. The first-order valence-electron chi connectivity index (χ1n) is 2.71. The molecule has 0 aliphatic heterocycles. The molecule has 1 aromatic rings.